The van der Waals surface area contributed by atoms with Crippen LogP contribution in [0.5, 0.6) is 6.01 Å². The van der Waals surface area contributed by atoms with E-state index in [0.29, 0.717) is 11.9 Å². The summed E-state index contributed by atoms with van der Waals surface area (Å²) in [6, 6.07) is 0.274. The predicted molar refractivity (Wildman–Crippen MR) is 78.7 cm³/mol. The molecule has 1 aliphatic rings. The van der Waals surface area contributed by atoms with Gasteiger partial charge in [-0.3, -0.25) is 0 Å². The Morgan fingerprint density at radius 2 is 2.20 bits per heavy atom. The zero-order valence-corrected chi connectivity index (χ0v) is 12.5. The molecule has 1 aliphatic heterocycles. The van der Waals surface area contributed by atoms with Crippen LogP contribution in [0.25, 0.3) is 0 Å². The zero-order chi connectivity index (χ0) is 14.5. The summed E-state index contributed by atoms with van der Waals surface area (Å²) >= 11 is 0. The van der Waals surface area contributed by atoms with Gasteiger partial charge in [0.2, 0.25) is 11.9 Å². The largest absolute Gasteiger partial charge is 0.461 e. The van der Waals surface area contributed by atoms with Gasteiger partial charge in [-0.15, -0.1) is 0 Å². The molecular formula is C13H24N6O. The maximum Gasteiger partial charge on any atom is 0.323 e. The average Bonchev–Trinajstić information content (AvgIpc) is 2.35. The predicted octanol–water partition coefficient (Wildman–Crippen LogP) is 0.995. The van der Waals surface area contributed by atoms with Crippen LogP contribution in [-0.2, 0) is 0 Å². The second-order valence-corrected chi connectivity index (χ2v) is 5.62. The Labute approximate surface area is 119 Å². The van der Waals surface area contributed by atoms with Gasteiger partial charge in [-0.25, -0.2) is 0 Å². The quantitative estimate of drug-likeness (QED) is 0.831. The highest BCUT2D eigenvalue weighted by Crippen LogP contribution is 2.16. The maximum absolute atomic E-state index is 5.68. The Bertz CT molecular complexity index is 439. The van der Waals surface area contributed by atoms with Crippen LogP contribution in [0.15, 0.2) is 0 Å². The monoisotopic (exact) mass is 280 g/mol. The van der Waals surface area contributed by atoms with Crippen LogP contribution in [0.2, 0.25) is 0 Å². The standard InChI is InChI=1S/C13H24N6O/c1-9(2)20-13-17-11(14)16-12(18-13)15-7-10-5-4-6-19(3)8-10/h9-10H,4-8H2,1-3H3,(H3,14,15,16,17,18). The van der Waals surface area contributed by atoms with Crippen molar-refractivity contribution in [2.45, 2.75) is 32.8 Å². The smallest absolute Gasteiger partial charge is 0.323 e. The molecular weight excluding hydrogens is 256 g/mol. The molecule has 2 heterocycles. The van der Waals surface area contributed by atoms with Gasteiger partial charge in [-0.05, 0) is 46.2 Å². The highest BCUT2D eigenvalue weighted by molar-refractivity contribution is 5.32. The van der Waals surface area contributed by atoms with Gasteiger partial charge >= 0.3 is 6.01 Å². The number of likely N-dealkylation sites (tertiary alicyclic amines) is 1. The molecule has 0 aliphatic carbocycles. The number of anilines is 2. The molecule has 0 bridgehead atoms. The third-order valence-electron chi connectivity index (χ3n) is 3.24. The van der Waals surface area contributed by atoms with E-state index in [1.165, 1.54) is 19.4 Å². The van der Waals surface area contributed by atoms with Crippen molar-refractivity contribution < 1.29 is 4.74 Å². The molecule has 1 unspecified atom stereocenters. The van der Waals surface area contributed by atoms with Gasteiger partial charge in [0.15, 0.2) is 0 Å². The molecule has 20 heavy (non-hydrogen) atoms. The number of hydrogen-bond donors (Lipinski definition) is 2. The van der Waals surface area contributed by atoms with E-state index in [9.17, 15) is 0 Å². The minimum Gasteiger partial charge on any atom is -0.461 e. The second-order valence-electron chi connectivity index (χ2n) is 5.62. The first-order chi connectivity index (χ1) is 9.52. The van der Waals surface area contributed by atoms with Gasteiger partial charge in [0.25, 0.3) is 0 Å². The Balaban J connectivity index is 1.93. The third kappa shape index (κ3) is 4.48. The fourth-order valence-electron chi connectivity index (χ4n) is 2.39. The van der Waals surface area contributed by atoms with Gasteiger partial charge in [-0.1, -0.05) is 0 Å². The third-order valence-corrected chi connectivity index (χ3v) is 3.24. The average molecular weight is 280 g/mol. The number of ether oxygens (including phenoxy) is 1. The molecule has 112 valence electrons. The van der Waals surface area contributed by atoms with Crippen molar-refractivity contribution in [3.05, 3.63) is 0 Å². The molecule has 0 radical (unpaired) electrons. The topological polar surface area (TPSA) is 89.2 Å². The van der Waals surface area contributed by atoms with E-state index in [4.69, 9.17) is 10.5 Å². The minimum absolute atomic E-state index is 0.0108. The highest BCUT2D eigenvalue weighted by atomic mass is 16.5. The van der Waals surface area contributed by atoms with Crippen LogP contribution >= 0.6 is 0 Å². The minimum atomic E-state index is 0.0108. The van der Waals surface area contributed by atoms with Crippen molar-refractivity contribution in [2.24, 2.45) is 5.92 Å². The van der Waals surface area contributed by atoms with Crippen LogP contribution < -0.4 is 15.8 Å². The number of aromatic nitrogens is 3. The Kier molecular flexibility index (Phi) is 4.94. The van der Waals surface area contributed by atoms with Crippen molar-refractivity contribution in [2.75, 3.05) is 37.7 Å². The summed E-state index contributed by atoms with van der Waals surface area (Å²) in [5.74, 6) is 1.28. The second kappa shape index (κ2) is 6.69. The normalized spacial score (nSPS) is 20.1. The molecule has 3 N–H and O–H groups in total. The summed E-state index contributed by atoms with van der Waals surface area (Å²) in [5, 5.41) is 3.24. The lowest BCUT2D eigenvalue weighted by Gasteiger charge is -2.29. The summed E-state index contributed by atoms with van der Waals surface area (Å²) in [5.41, 5.74) is 5.68. The molecule has 1 atom stereocenters. The molecule has 1 saturated heterocycles. The van der Waals surface area contributed by atoms with Crippen LogP contribution in [0.4, 0.5) is 11.9 Å². The Hall–Kier alpha value is -1.63. The van der Waals surface area contributed by atoms with Crippen molar-refractivity contribution in [3.8, 4) is 6.01 Å². The number of hydrogen-bond acceptors (Lipinski definition) is 7. The van der Waals surface area contributed by atoms with Crippen LogP contribution in [0.1, 0.15) is 26.7 Å². The Morgan fingerprint density at radius 3 is 2.90 bits per heavy atom. The first-order valence-corrected chi connectivity index (χ1v) is 7.13. The van der Waals surface area contributed by atoms with Gasteiger partial charge in [0.05, 0.1) is 6.10 Å². The van der Waals surface area contributed by atoms with Gasteiger partial charge in [0, 0.05) is 13.1 Å². The van der Waals surface area contributed by atoms with E-state index >= 15 is 0 Å². The number of nitrogens with one attached hydrogen (secondary N) is 1. The molecule has 2 rings (SSSR count). The molecule has 7 nitrogen and oxygen atoms in total. The van der Waals surface area contributed by atoms with E-state index in [-0.39, 0.29) is 18.1 Å². The van der Waals surface area contributed by atoms with E-state index in [1.54, 1.807) is 0 Å². The van der Waals surface area contributed by atoms with Gasteiger partial charge < -0.3 is 20.7 Å². The summed E-state index contributed by atoms with van der Waals surface area (Å²) in [7, 11) is 2.15. The molecule has 0 aromatic carbocycles. The zero-order valence-electron chi connectivity index (χ0n) is 12.5. The van der Waals surface area contributed by atoms with Gasteiger partial charge in [-0.2, -0.15) is 15.0 Å². The van der Waals surface area contributed by atoms with Crippen LogP contribution in [0, 0.1) is 5.92 Å². The van der Waals surface area contributed by atoms with Crippen LogP contribution in [-0.4, -0.2) is 52.6 Å². The molecule has 0 spiro atoms. The van der Waals surface area contributed by atoms with Gasteiger partial charge in [0.1, 0.15) is 0 Å². The summed E-state index contributed by atoms with van der Waals surface area (Å²) in [6.07, 6.45) is 2.48. The van der Waals surface area contributed by atoms with E-state index in [0.717, 1.165) is 13.1 Å². The SMILES string of the molecule is CC(C)Oc1nc(N)nc(NCC2CCCN(C)C2)n1. The van der Waals surface area contributed by atoms with Crippen molar-refractivity contribution in [1.82, 2.24) is 19.9 Å². The Morgan fingerprint density at radius 1 is 1.40 bits per heavy atom. The number of piperidine rings is 1. The molecule has 1 fully saturated rings. The van der Waals surface area contributed by atoms with E-state index < -0.39 is 0 Å². The highest BCUT2D eigenvalue weighted by Gasteiger charge is 2.17. The molecule has 1 aromatic heterocycles. The number of rotatable bonds is 5. The summed E-state index contributed by atoms with van der Waals surface area (Å²) in [4.78, 5) is 14.6. The lowest BCUT2D eigenvalue weighted by Crippen LogP contribution is -2.35. The summed E-state index contributed by atoms with van der Waals surface area (Å²) in [6.45, 7) is 6.97. The number of nitrogen functional groups attached to an aromatic ring is 1. The van der Waals surface area contributed by atoms with Crippen LogP contribution in [0.3, 0.4) is 0 Å². The van der Waals surface area contributed by atoms with E-state index in [2.05, 4.69) is 32.2 Å². The molecule has 1 aromatic rings. The first-order valence-electron chi connectivity index (χ1n) is 7.13. The fraction of sp³-hybridized carbons (Fsp3) is 0.769. The van der Waals surface area contributed by atoms with Crippen molar-refractivity contribution in [1.29, 1.82) is 0 Å². The summed E-state index contributed by atoms with van der Waals surface area (Å²) < 4.78 is 5.45. The fourth-order valence-corrected chi connectivity index (χ4v) is 2.39. The lowest BCUT2D eigenvalue weighted by atomic mass is 9.99. The first kappa shape index (κ1) is 14.8. The number of nitrogens with two attached hydrogens (primary N) is 1. The van der Waals surface area contributed by atoms with E-state index in [1.807, 2.05) is 13.8 Å². The maximum atomic E-state index is 5.68. The lowest BCUT2D eigenvalue weighted by molar-refractivity contribution is 0.216. The van der Waals surface area contributed by atoms with Crippen molar-refractivity contribution in [3.63, 3.8) is 0 Å². The molecule has 0 saturated carbocycles. The number of nitrogens with zero attached hydrogens (tertiary/aromatic N) is 4. The molecule has 7 heteroatoms. The molecule has 0 amide bonds. The van der Waals surface area contributed by atoms with Crippen molar-refractivity contribution >= 4 is 11.9 Å².